The summed E-state index contributed by atoms with van der Waals surface area (Å²) in [5, 5.41) is 0. The third-order valence-corrected chi connectivity index (χ3v) is 2.55. The molecule has 0 saturated carbocycles. The molecule has 5 heteroatoms. The van der Waals surface area contributed by atoms with Gasteiger partial charge >= 0.3 is 11.9 Å². The molecule has 0 amide bonds. The molecule has 0 unspecified atom stereocenters. The highest BCUT2D eigenvalue weighted by Crippen LogP contribution is 2.02. The molecule has 4 nitrogen and oxygen atoms in total. The number of carbonyl (C=O) groups is 2. The Hall–Kier alpha value is -0.710. The maximum absolute atomic E-state index is 11.1. The van der Waals surface area contributed by atoms with Gasteiger partial charge in [0.25, 0.3) is 0 Å². The highest BCUT2D eigenvalue weighted by Gasteiger charge is 2.06. The lowest BCUT2D eigenvalue weighted by Gasteiger charge is -2.04. The molecule has 0 spiro atoms. The first-order valence-electron chi connectivity index (χ1n) is 5.59. The van der Waals surface area contributed by atoms with E-state index in [1.165, 1.54) is 11.8 Å². The van der Waals surface area contributed by atoms with Crippen molar-refractivity contribution in [3.05, 3.63) is 0 Å². The van der Waals surface area contributed by atoms with Gasteiger partial charge in [0.1, 0.15) is 0 Å². The van der Waals surface area contributed by atoms with Crippen LogP contribution < -0.4 is 0 Å². The van der Waals surface area contributed by atoms with Crippen LogP contribution >= 0.6 is 11.8 Å². The summed E-state index contributed by atoms with van der Waals surface area (Å²) in [4.78, 5) is 22.2. The van der Waals surface area contributed by atoms with Crippen molar-refractivity contribution in [2.45, 2.75) is 33.1 Å². The number of carbonyl (C=O) groups excluding carboxylic acids is 2. The number of esters is 2. The van der Waals surface area contributed by atoms with Gasteiger partial charge < -0.3 is 9.47 Å². The van der Waals surface area contributed by atoms with E-state index in [1.807, 2.05) is 13.8 Å². The predicted octanol–water partition coefficient (Wildman–Crippen LogP) is 2.02. The van der Waals surface area contributed by atoms with Gasteiger partial charge in [0.05, 0.1) is 24.7 Å². The van der Waals surface area contributed by atoms with Gasteiger partial charge in [-0.3, -0.25) is 9.59 Å². The Bertz CT molecular complexity index is 206. The van der Waals surface area contributed by atoms with Crippen molar-refractivity contribution in [1.29, 1.82) is 0 Å². The van der Waals surface area contributed by atoms with E-state index in [0.29, 0.717) is 13.2 Å². The molecule has 0 aromatic rings. The first-order chi connectivity index (χ1) is 7.70. The topological polar surface area (TPSA) is 52.6 Å². The van der Waals surface area contributed by atoms with E-state index in [4.69, 9.17) is 9.47 Å². The average molecular weight is 248 g/mol. The minimum absolute atomic E-state index is 0.211. The summed E-state index contributed by atoms with van der Waals surface area (Å²) in [6.45, 7) is 4.88. The minimum atomic E-state index is -0.270. The van der Waals surface area contributed by atoms with Crippen LogP contribution in [0.25, 0.3) is 0 Å². The second-order valence-corrected chi connectivity index (χ2v) is 4.27. The van der Waals surface area contributed by atoms with Gasteiger partial charge in [0.15, 0.2) is 0 Å². The van der Waals surface area contributed by atoms with Crippen LogP contribution in [0.4, 0.5) is 0 Å². The van der Waals surface area contributed by atoms with Gasteiger partial charge in [-0.15, -0.1) is 11.8 Å². The van der Waals surface area contributed by atoms with Crippen LogP contribution in [0.1, 0.15) is 33.1 Å². The lowest BCUT2D eigenvalue weighted by Crippen LogP contribution is -2.12. The molecular weight excluding hydrogens is 228 g/mol. The van der Waals surface area contributed by atoms with Crippen LogP contribution in [0, 0.1) is 0 Å². The molecule has 0 fully saturated rings. The second kappa shape index (κ2) is 10.8. The Kier molecular flexibility index (Phi) is 10.3. The monoisotopic (exact) mass is 248 g/mol. The molecule has 0 atom stereocenters. The summed E-state index contributed by atoms with van der Waals surface area (Å²) in [6.07, 6.45) is 2.70. The van der Waals surface area contributed by atoms with E-state index >= 15 is 0 Å². The third kappa shape index (κ3) is 9.83. The largest absolute Gasteiger partial charge is 0.465 e. The molecule has 0 heterocycles. The molecule has 0 aromatic heterocycles. The Balaban J connectivity index is 3.36. The van der Waals surface area contributed by atoms with Crippen LogP contribution in [0.2, 0.25) is 0 Å². The molecule has 94 valence electrons. The van der Waals surface area contributed by atoms with Gasteiger partial charge in [-0.2, -0.15) is 0 Å². The van der Waals surface area contributed by atoms with Crippen molar-refractivity contribution in [2.24, 2.45) is 0 Å². The number of hydrogen-bond donors (Lipinski definition) is 0. The van der Waals surface area contributed by atoms with Crippen LogP contribution in [-0.4, -0.2) is 36.7 Å². The summed E-state index contributed by atoms with van der Waals surface area (Å²) < 4.78 is 9.79. The van der Waals surface area contributed by atoms with Crippen LogP contribution in [0.15, 0.2) is 0 Å². The van der Waals surface area contributed by atoms with Crippen LogP contribution in [0.5, 0.6) is 0 Å². The summed E-state index contributed by atoms with van der Waals surface area (Å²) >= 11 is 1.23. The SMILES string of the molecule is CCCCOC(=O)CSCC(=O)OCCC. The first kappa shape index (κ1) is 15.3. The lowest BCUT2D eigenvalue weighted by molar-refractivity contribution is -0.140. The maximum atomic E-state index is 11.1. The molecule has 0 aromatic carbocycles. The Morgan fingerprint density at radius 3 is 2.00 bits per heavy atom. The highest BCUT2D eigenvalue weighted by atomic mass is 32.2. The fraction of sp³-hybridized carbons (Fsp3) is 0.818. The molecule has 0 bridgehead atoms. The van der Waals surface area contributed by atoms with Crippen molar-refractivity contribution >= 4 is 23.7 Å². The zero-order valence-corrected chi connectivity index (χ0v) is 10.8. The summed E-state index contributed by atoms with van der Waals surface area (Å²) in [5.41, 5.74) is 0. The van der Waals surface area contributed by atoms with Gasteiger partial charge in [-0.1, -0.05) is 20.3 Å². The number of hydrogen-bond acceptors (Lipinski definition) is 5. The molecule has 16 heavy (non-hydrogen) atoms. The normalized spacial score (nSPS) is 9.88. The molecule has 0 aliphatic heterocycles. The van der Waals surface area contributed by atoms with Gasteiger partial charge in [-0.05, 0) is 12.8 Å². The summed E-state index contributed by atoms with van der Waals surface area (Å²) in [6, 6.07) is 0. The molecule has 0 N–H and O–H groups in total. The number of ether oxygens (including phenoxy) is 2. The molecule has 0 rings (SSSR count). The first-order valence-corrected chi connectivity index (χ1v) is 6.75. The van der Waals surface area contributed by atoms with Crippen molar-refractivity contribution < 1.29 is 19.1 Å². The van der Waals surface area contributed by atoms with E-state index in [2.05, 4.69) is 0 Å². The van der Waals surface area contributed by atoms with E-state index in [-0.39, 0.29) is 23.4 Å². The average Bonchev–Trinajstić information content (AvgIpc) is 2.26. The smallest absolute Gasteiger partial charge is 0.315 e. The Morgan fingerprint density at radius 2 is 1.50 bits per heavy atom. The fourth-order valence-electron chi connectivity index (χ4n) is 0.847. The summed E-state index contributed by atoms with van der Waals surface area (Å²) in [5.74, 6) is -0.108. The van der Waals surface area contributed by atoms with Gasteiger partial charge in [-0.25, -0.2) is 0 Å². The summed E-state index contributed by atoms with van der Waals surface area (Å²) in [7, 11) is 0. The standard InChI is InChI=1S/C11H20O4S/c1-3-5-7-15-11(13)9-16-8-10(12)14-6-4-2/h3-9H2,1-2H3. The van der Waals surface area contributed by atoms with Crippen molar-refractivity contribution in [3.8, 4) is 0 Å². The second-order valence-electron chi connectivity index (χ2n) is 3.29. The van der Waals surface area contributed by atoms with Gasteiger partial charge in [0, 0.05) is 0 Å². The van der Waals surface area contributed by atoms with E-state index in [0.717, 1.165) is 19.3 Å². The Labute approximate surface area is 101 Å². The van der Waals surface area contributed by atoms with E-state index < -0.39 is 0 Å². The third-order valence-electron chi connectivity index (χ3n) is 1.67. The molecule has 0 saturated heterocycles. The number of rotatable bonds is 9. The molecular formula is C11H20O4S. The van der Waals surface area contributed by atoms with Crippen LogP contribution in [0.3, 0.4) is 0 Å². The predicted molar refractivity (Wildman–Crippen MR) is 64.4 cm³/mol. The van der Waals surface area contributed by atoms with Gasteiger partial charge in [0.2, 0.25) is 0 Å². The number of unbranched alkanes of at least 4 members (excludes halogenated alkanes) is 1. The lowest BCUT2D eigenvalue weighted by atomic mass is 10.4. The van der Waals surface area contributed by atoms with Crippen LogP contribution in [-0.2, 0) is 19.1 Å². The maximum Gasteiger partial charge on any atom is 0.315 e. The Morgan fingerprint density at radius 1 is 0.938 bits per heavy atom. The van der Waals surface area contributed by atoms with Crippen molar-refractivity contribution in [2.75, 3.05) is 24.7 Å². The highest BCUT2D eigenvalue weighted by molar-refractivity contribution is 8.00. The molecule has 0 aliphatic rings. The zero-order chi connectivity index (χ0) is 12.2. The zero-order valence-electron chi connectivity index (χ0n) is 9.99. The van der Waals surface area contributed by atoms with Crippen molar-refractivity contribution in [3.63, 3.8) is 0 Å². The quantitative estimate of drug-likeness (QED) is 0.461. The molecule has 0 aliphatic carbocycles. The molecule has 0 radical (unpaired) electrons. The van der Waals surface area contributed by atoms with E-state index in [9.17, 15) is 9.59 Å². The minimum Gasteiger partial charge on any atom is -0.465 e. The fourth-order valence-corrected chi connectivity index (χ4v) is 1.45. The number of thioether (sulfide) groups is 1. The van der Waals surface area contributed by atoms with E-state index in [1.54, 1.807) is 0 Å². The van der Waals surface area contributed by atoms with Crippen molar-refractivity contribution in [1.82, 2.24) is 0 Å².